The van der Waals surface area contributed by atoms with Crippen LogP contribution in [0.2, 0.25) is 5.02 Å². The molecule has 1 aromatic carbocycles. The van der Waals surface area contributed by atoms with Crippen molar-refractivity contribution in [2.24, 2.45) is 10.9 Å². The van der Waals surface area contributed by atoms with Gasteiger partial charge in [-0.05, 0) is 26.0 Å². The number of ether oxygens (including phenoxy) is 6. The van der Waals surface area contributed by atoms with Crippen molar-refractivity contribution in [1.82, 2.24) is 0 Å². The van der Waals surface area contributed by atoms with Crippen molar-refractivity contribution in [3.63, 3.8) is 0 Å². The summed E-state index contributed by atoms with van der Waals surface area (Å²) in [5, 5.41) is 0.0661. The summed E-state index contributed by atoms with van der Waals surface area (Å²) in [7, 11) is 3.10. The van der Waals surface area contributed by atoms with Gasteiger partial charge < -0.3 is 28.4 Å². The van der Waals surface area contributed by atoms with E-state index in [1.165, 1.54) is 18.2 Å². The molecule has 36 heavy (non-hydrogen) atoms. The molecule has 0 radical (unpaired) electrons. The topological polar surface area (TPSA) is 102 Å². The summed E-state index contributed by atoms with van der Waals surface area (Å²) in [5.41, 5.74) is 0.688. The van der Waals surface area contributed by atoms with Crippen molar-refractivity contribution >= 4 is 29.3 Å². The van der Waals surface area contributed by atoms with E-state index in [1.54, 1.807) is 28.1 Å². The molecule has 2 unspecified atom stereocenters. The molecule has 1 heterocycles. The molecule has 0 N–H and O–H groups in total. The molecule has 0 saturated heterocycles. The standard InChI is InChI=1S/C25H33ClFNO8/c1-16-20(24(29)35-14-12-33-10-8-31-3)23(22-18(26)6-5-7-19(22)27)21(17(2)28-16)25(30)36-15-13-34-11-9-32-4/h5-7,20,23H,8-15H2,1-4H3. The van der Waals surface area contributed by atoms with E-state index in [-0.39, 0.29) is 42.6 Å². The zero-order valence-corrected chi connectivity index (χ0v) is 21.8. The molecule has 2 rings (SSSR count). The molecule has 0 saturated carbocycles. The Bertz CT molecular complexity index is 932. The minimum absolute atomic E-state index is 0.00523. The maximum absolute atomic E-state index is 15.1. The van der Waals surface area contributed by atoms with Crippen LogP contribution in [0, 0.1) is 11.7 Å². The first-order chi connectivity index (χ1) is 17.3. The lowest BCUT2D eigenvalue weighted by atomic mass is 9.75. The average Bonchev–Trinajstić information content (AvgIpc) is 2.83. The Morgan fingerprint density at radius 2 is 1.50 bits per heavy atom. The van der Waals surface area contributed by atoms with Crippen LogP contribution in [0.4, 0.5) is 4.39 Å². The van der Waals surface area contributed by atoms with Crippen molar-refractivity contribution < 1.29 is 42.4 Å². The molecule has 1 aromatic rings. The Hall–Kier alpha value is -2.37. The molecule has 200 valence electrons. The highest BCUT2D eigenvalue weighted by Crippen LogP contribution is 2.43. The van der Waals surface area contributed by atoms with Gasteiger partial charge in [-0.3, -0.25) is 9.79 Å². The van der Waals surface area contributed by atoms with E-state index in [4.69, 9.17) is 40.0 Å². The van der Waals surface area contributed by atoms with E-state index >= 15 is 4.39 Å². The first-order valence-electron chi connectivity index (χ1n) is 11.5. The van der Waals surface area contributed by atoms with Crippen molar-refractivity contribution in [2.45, 2.75) is 19.8 Å². The van der Waals surface area contributed by atoms with Gasteiger partial charge in [-0.15, -0.1) is 0 Å². The minimum atomic E-state index is -1.10. The zero-order chi connectivity index (χ0) is 26.5. The molecule has 11 heteroatoms. The van der Waals surface area contributed by atoms with E-state index in [2.05, 4.69) is 4.99 Å². The summed E-state index contributed by atoms with van der Waals surface area (Å²) in [6.45, 7) is 4.93. The number of rotatable bonds is 15. The normalized spacial score (nSPS) is 17.7. The molecule has 0 bridgehead atoms. The van der Waals surface area contributed by atoms with Gasteiger partial charge >= 0.3 is 11.9 Å². The number of nitrogens with zero attached hydrogens (tertiary/aromatic N) is 1. The number of methoxy groups -OCH3 is 2. The fraction of sp³-hybridized carbons (Fsp3) is 0.560. The summed E-state index contributed by atoms with van der Waals surface area (Å²) in [4.78, 5) is 30.7. The van der Waals surface area contributed by atoms with Gasteiger partial charge in [0.15, 0.2) is 0 Å². The van der Waals surface area contributed by atoms with Gasteiger partial charge in [0.25, 0.3) is 0 Å². The Morgan fingerprint density at radius 3 is 2.08 bits per heavy atom. The maximum atomic E-state index is 15.1. The third-order valence-electron chi connectivity index (χ3n) is 5.41. The first-order valence-corrected chi connectivity index (χ1v) is 11.9. The predicted molar refractivity (Wildman–Crippen MR) is 131 cm³/mol. The van der Waals surface area contributed by atoms with Crippen LogP contribution in [-0.4, -0.2) is 84.7 Å². The number of carbonyl (C=O) groups is 2. The van der Waals surface area contributed by atoms with Gasteiger partial charge in [0.05, 0.1) is 45.2 Å². The van der Waals surface area contributed by atoms with Crippen molar-refractivity contribution in [3.05, 3.63) is 45.9 Å². The number of benzene rings is 1. The van der Waals surface area contributed by atoms with Crippen LogP contribution in [-0.2, 0) is 38.0 Å². The molecule has 0 amide bonds. The Balaban J connectivity index is 2.29. The van der Waals surface area contributed by atoms with Crippen LogP contribution >= 0.6 is 11.6 Å². The third kappa shape index (κ3) is 8.35. The van der Waals surface area contributed by atoms with Crippen LogP contribution in [0.3, 0.4) is 0 Å². The quantitative estimate of drug-likeness (QED) is 0.252. The molecule has 0 spiro atoms. The van der Waals surface area contributed by atoms with E-state index in [9.17, 15) is 9.59 Å². The smallest absolute Gasteiger partial charge is 0.336 e. The van der Waals surface area contributed by atoms with Crippen molar-refractivity contribution in [1.29, 1.82) is 0 Å². The summed E-state index contributed by atoms with van der Waals surface area (Å²) in [6, 6.07) is 4.16. The van der Waals surface area contributed by atoms with Gasteiger partial charge in [-0.1, -0.05) is 17.7 Å². The lowest BCUT2D eigenvalue weighted by Gasteiger charge is -2.32. The number of esters is 2. The van der Waals surface area contributed by atoms with Crippen molar-refractivity contribution in [3.8, 4) is 0 Å². The predicted octanol–water partition coefficient (Wildman–Crippen LogP) is 3.34. The van der Waals surface area contributed by atoms with E-state index in [1.807, 2.05) is 0 Å². The van der Waals surface area contributed by atoms with Gasteiger partial charge in [-0.2, -0.15) is 0 Å². The molecule has 1 aliphatic rings. The fourth-order valence-electron chi connectivity index (χ4n) is 3.78. The van der Waals surface area contributed by atoms with Gasteiger partial charge in [-0.25, -0.2) is 9.18 Å². The highest BCUT2D eigenvalue weighted by atomic mass is 35.5. The second-order valence-corrected chi connectivity index (χ2v) is 8.26. The lowest BCUT2D eigenvalue weighted by Crippen LogP contribution is -2.37. The molecule has 0 aliphatic carbocycles. The van der Waals surface area contributed by atoms with Gasteiger partial charge in [0.1, 0.15) is 24.9 Å². The summed E-state index contributed by atoms with van der Waals surface area (Å²) < 4.78 is 46.3. The summed E-state index contributed by atoms with van der Waals surface area (Å²) in [5.74, 6) is -4.28. The second-order valence-electron chi connectivity index (χ2n) is 7.86. The Labute approximate surface area is 215 Å². The van der Waals surface area contributed by atoms with Crippen LogP contribution in [0.25, 0.3) is 0 Å². The minimum Gasteiger partial charge on any atom is -0.463 e. The first kappa shape index (κ1) is 29.9. The number of hydrogen-bond donors (Lipinski definition) is 0. The Morgan fingerprint density at radius 1 is 0.917 bits per heavy atom. The van der Waals surface area contributed by atoms with Crippen LogP contribution in [0.5, 0.6) is 0 Å². The number of hydrogen-bond acceptors (Lipinski definition) is 9. The zero-order valence-electron chi connectivity index (χ0n) is 21.0. The van der Waals surface area contributed by atoms with E-state index in [0.717, 1.165) is 0 Å². The molecular formula is C25H33ClFNO8. The average molecular weight is 530 g/mol. The fourth-order valence-corrected chi connectivity index (χ4v) is 4.06. The van der Waals surface area contributed by atoms with Gasteiger partial charge in [0, 0.05) is 42.1 Å². The number of halogens is 2. The van der Waals surface area contributed by atoms with E-state index < -0.39 is 29.6 Å². The van der Waals surface area contributed by atoms with Crippen molar-refractivity contribution in [2.75, 3.05) is 67.1 Å². The molecule has 1 aliphatic heterocycles. The highest BCUT2D eigenvalue weighted by molar-refractivity contribution is 6.31. The Kier molecular flexibility index (Phi) is 13.0. The second kappa shape index (κ2) is 15.7. The SMILES string of the molecule is COCCOCCOC(=O)C1=C(C)N=C(C)C(C(=O)OCCOCCOC)C1c1c(F)cccc1Cl. The monoisotopic (exact) mass is 529 g/mol. The number of aliphatic imine (C=N–C) groups is 1. The highest BCUT2D eigenvalue weighted by Gasteiger charge is 2.44. The van der Waals surface area contributed by atoms with Crippen LogP contribution in [0.15, 0.2) is 34.5 Å². The number of allylic oxidation sites excluding steroid dienone is 1. The van der Waals surface area contributed by atoms with Gasteiger partial charge in [0.2, 0.25) is 0 Å². The summed E-state index contributed by atoms with van der Waals surface area (Å²) in [6.07, 6.45) is 0. The van der Waals surface area contributed by atoms with Crippen LogP contribution < -0.4 is 0 Å². The summed E-state index contributed by atoms with van der Waals surface area (Å²) >= 11 is 6.38. The molecule has 0 aromatic heterocycles. The third-order valence-corrected chi connectivity index (χ3v) is 5.74. The number of carbonyl (C=O) groups excluding carboxylic acids is 2. The van der Waals surface area contributed by atoms with E-state index in [0.29, 0.717) is 37.8 Å². The molecule has 0 fully saturated rings. The maximum Gasteiger partial charge on any atom is 0.336 e. The molecular weight excluding hydrogens is 497 g/mol. The largest absolute Gasteiger partial charge is 0.463 e. The van der Waals surface area contributed by atoms with Crippen LogP contribution in [0.1, 0.15) is 25.3 Å². The lowest BCUT2D eigenvalue weighted by molar-refractivity contribution is -0.148. The molecule has 9 nitrogen and oxygen atoms in total. The molecule has 2 atom stereocenters.